The molecule has 0 spiro atoms. The lowest BCUT2D eigenvalue weighted by molar-refractivity contribution is -0.150. The van der Waals surface area contributed by atoms with Gasteiger partial charge in [-0.15, -0.1) is 5.06 Å². The van der Waals surface area contributed by atoms with Crippen LogP contribution in [-0.4, -0.2) is 30.4 Å². The highest BCUT2D eigenvalue weighted by atomic mass is 35.5. The van der Waals surface area contributed by atoms with E-state index >= 15 is 0 Å². The molecule has 7 nitrogen and oxygen atoms in total. The molecule has 3 aromatic rings. The van der Waals surface area contributed by atoms with E-state index < -0.39 is 30.0 Å². The molecule has 0 N–H and O–H groups in total. The van der Waals surface area contributed by atoms with Crippen LogP contribution in [0.2, 0.25) is 10.0 Å². The molecule has 0 saturated heterocycles. The molecule has 0 aliphatic carbocycles. The quantitative estimate of drug-likeness (QED) is 0.318. The third-order valence-electron chi connectivity index (χ3n) is 6.02. The number of carbonyl (C=O) groups is 3. The molecule has 4 rings (SSSR count). The molecule has 1 heterocycles. The molecule has 0 aromatic heterocycles. The Bertz CT molecular complexity index is 1370. The molecule has 2 atom stereocenters. The number of hydroxylamine groups is 1. The van der Waals surface area contributed by atoms with Crippen LogP contribution in [-0.2, 0) is 24.0 Å². The Morgan fingerprint density at radius 1 is 0.974 bits per heavy atom. The monoisotopic (exact) mass is 568 g/mol. The molecule has 0 fully saturated rings. The molecule has 204 valence electrons. The minimum atomic E-state index is -1.21. The summed E-state index contributed by atoms with van der Waals surface area (Å²) in [5.74, 6) is -1.69. The van der Waals surface area contributed by atoms with E-state index in [2.05, 4.69) is 0 Å². The zero-order chi connectivity index (χ0) is 28.3. The zero-order valence-electron chi connectivity index (χ0n) is 22.2. The van der Waals surface area contributed by atoms with Crippen molar-refractivity contribution in [3.05, 3.63) is 94.0 Å². The van der Waals surface area contributed by atoms with E-state index in [0.29, 0.717) is 39.1 Å². The van der Waals surface area contributed by atoms with Crippen molar-refractivity contribution >= 4 is 52.4 Å². The van der Waals surface area contributed by atoms with Crippen molar-refractivity contribution < 1.29 is 24.0 Å². The number of hydrogen-bond acceptors (Lipinski definition) is 5. The fourth-order valence-electron chi connectivity index (χ4n) is 4.45. The highest BCUT2D eigenvalue weighted by Gasteiger charge is 2.40. The number of ether oxygens (including phenoxy) is 1. The van der Waals surface area contributed by atoms with Gasteiger partial charge in [-0.25, -0.2) is 4.79 Å². The van der Waals surface area contributed by atoms with Crippen LogP contribution in [0.25, 0.3) is 0 Å². The molecule has 39 heavy (non-hydrogen) atoms. The Morgan fingerprint density at radius 3 is 2.28 bits per heavy atom. The van der Waals surface area contributed by atoms with Crippen molar-refractivity contribution in [2.75, 3.05) is 16.5 Å². The predicted octanol–water partition coefficient (Wildman–Crippen LogP) is 6.76. The molecule has 0 radical (unpaired) electrons. The number of anilines is 2. The summed E-state index contributed by atoms with van der Waals surface area (Å²) in [7, 11) is 0. The van der Waals surface area contributed by atoms with Gasteiger partial charge in [0.2, 0.25) is 0 Å². The van der Waals surface area contributed by atoms with Crippen LogP contribution in [0.15, 0.2) is 72.8 Å². The minimum Gasteiger partial charge on any atom is -0.355 e. The largest absolute Gasteiger partial charge is 0.355 e. The summed E-state index contributed by atoms with van der Waals surface area (Å²) >= 11 is 13.0. The second-order valence-electron chi connectivity index (χ2n) is 10.5. The van der Waals surface area contributed by atoms with Crippen molar-refractivity contribution in [3.63, 3.8) is 0 Å². The Kier molecular flexibility index (Phi) is 8.64. The van der Waals surface area contributed by atoms with Crippen LogP contribution in [0.5, 0.6) is 0 Å². The maximum Gasteiger partial charge on any atom is 0.330 e. The van der Waals surface area contributed by atoms with Crippen molar-refractivity contribution in [1.29, 1.82) is 0 Å². The lowest BCUT2D eigenvalue weighted by Gasteiger charge is -2.31. The van der Waals surface area contributed by atoms with E-state index in [1.807, 2.05) is 32.9 Å². The molecule has 2 unspecified atom stereocenters. The summed E-state index contributed by atoms with van der Waals surface area (Å²) in [4.78, 5) is 46.4. The van der Waals surface area contributed by atoms with Crippen LogP contribution in [0.1, 0.15) is 51.3 Å². The zero-order valence-corrected chi connectivity index (χ0v) is 23.7. The van der Waals surface area contributed by atoms with E-state index in [0.717, 1.165) is 5.06 Å². The van der Waals surface area contributed by atoms with Gasteiger partial charge < -0.3 is 14.5 Å². The van der Waals surface area contributed by atoms with Gasteiger partial charge in [0, 0.05) is 40.3 Å². The smallest absolute Gasteiger partial charge is 0.330 e. The number of amides is 2. The van der Waals surface area contributed by atoms with Gasteiger partial charge >= 0.3 is 5.97 Å². The second kappa shape index (κ2) is 11.8. The van der Waals surface area contributed by atoms with Gasteiger partial charge in [0.25, 0.3) is 11.8 Å². The first kappa shape index (κ1) is 28.6. The molecule has 1 aliphatic heterocycles. The summed E-state index contributed by atoms with van der Waals surface area (Å²) in [5.41, 5.74) is 1.98. The van der Waals surface area contributed by atoms with Crippen molar-refractivity contribution in [1.82, 2.24) is 0 Å². The van der Waals surface area contributed by atoms with E-state index in [-0.39, 0.29) is 11.8 Å². The van der Waals surface area contributed by atoms with Gasteiger partial charge in [0.15, 0.2) is 0 Å². The van der Waals surface area contributed by atoms with Crippen LogP contribution in [0.3, 0.4) is 0 Å². The van der Waals surface area contributed by atoms with Crippen molar-refractivity contribution in [2.24, 2.45) is 5.41 Å². The summed E-state index contributed by atoms with van der Waals surface area (Å²) in [6.07, 6.45) is -2.39. The third kappa shape index (κ3) is 6.79. The van der Waals surface area contributed by atoms with Crippen molar-refractivity contribution in [3.8, 4) is 0 Å². The number of benzene rings is 3. The normalized spacial score (nSPS) is 17.3. The Morgan fingerprint density at radius 2 is 1.64 bits per heavy atom. The van der Waals surface area contributed by atoms with Gasteiger partial charge in [-0.3, -0.25) is 9.59 Å². The molecule has 2 amide bonds. The highest BCUT2D eigenvalue weighted by Crippen LogP contribution is 2.42. The molecule has 0 bridgehead atoms. The van der Waals surface area contributed by atoms with Crippen molar-refractivity contribution in [2.45, 2.75) is 46.3 Å². The Labute approximate surface area is 238 Å². The van der Waals surface area contributed by atoms with E-state index in [4.69, 9.17) is 32.8 Å². The van der Waals surface area contributed by atoms with E-state index in [1.54, 1.807) is 65.6 Å². The van der Waals surface area contributed by atoms with E-state index in [1.165, 1.54) is 6.92 Å². The maximum atomic E-state index is 14.1. The molecule has 1 aliphatic rings. The van der Waals surface area contributed by atoms with Crippen LogP contribution >= 0.6 is 23.2 Å². The van der Waals surface area contributed by atoms with Gasteiger partial charge in [0.05, 0.1) is 12.1 Å². The number of carbonyl (C=O) groups excluding carboxylic acids is 3. The predicted molar refractivity (Wildman–Crippen MR) is 152 cm³/mol. The first-order chi connectivity index (χ1) is 18.4. The van der Waals surface area contributed by atoms with Gasteiger partial charge in [0.1, 0.15) is 12.2 Å². The van der Waals surface area contributed by atoms with E-state index in [9.17, 15) is 14.4 Å². The molecular weight excluding hydrogens is 539 g/mol. The van der Waals surface area contributed by atoms with Gasteiger partial charge in [-0.05, 0) is 41.8 Å². The molecular formula is C30H30Cl2N2O5. The van der Waals surface area contributed by atoms with Crippen LogP contribution in [0.4, 0.5) is 11.4 Å². The average molecular weight is 569 g/mol. The second-order valence-corrected chi connectivity index (χ2v) is 11.4. The summed E-state index contributed by atoms with van der Waals surface area (Å²) < 4.78 is 6.46. The summed E-state index contributed by atoms with van der Waals surface area (Å²) in [6, 6.07) is 20.9. The number of halogens is 2. The van der Waals surface area contributed by atoms with Crippen LogP contribution < -0.4 is 9.96 Å². The third-order valence-corrected chi connectivity index (χ3v) is 6.60. The van der Waals surface area contributed by atoms with Gasteiger partial charge in [-0.1, -0.05) is 80.4 Å². The number of nitrogens with zero attached hydrogens (tertiary/aromatic N) is 2. The first-order valence-corrected chi connectivity index (χ1v) is 13.3. The average Bonchev–Trinajstić information content (AvgIpc) is 2.97. The lowest BCUT2D eigenvalue weighted by atomic mass is 9.94. The van der Waals surface area contributed by atoms with Crippen LogP contribution in [0, 0.1) is 5.41 Å². The Hall–Kier alpha value is -3.39. The molecule has 3 aromatic carbocycles. The SMILES string of the molecule is CC(=O)ON(C(=O)CC1OC(c2ccccc2Cl)c2cc(Cl)ccc2N(CC(C)(C)C)C1=O)c1ccccc1. The molecule has 9 heteroatoms. The number of hydrogen-bond donors (Lipinski definition) is 0. The first-order valence-electron chi connectivity index (χ1n) is 12.5. The minimum absolute atomic E-state index is 0.279. The fraction of sp³-hybridized carbons (Fsp3) is 0.300. The summed E-state index contributed by atoms with van der Waals surface area (Å²) in [6.45, 7) is 7.62. The fourth-order valence-corrected chi connectivity index (χ4v) is 4.87. The molecule has 0 saturated carbocycles. The maximum absolute atomic E-state index is 14.1. The van der Waals surface area contributed by atoms with Gasteiger partial charge in [-0.2, -0.15) is 0 Å². The number of para-hydroxylation sites is 1. The number of rotatable bonds is 5. The number of fused-ring (bicyclic) bond motifs is 1. The highest BCUT2D eigenvalue weighted by molar-refractivity contribution is 6.31. The topological polar surface area (TPSA) is 76.2 Å². The Balaban J connectivity index is 1.81. The standard InChI is InChI=1S/C30H30Cl2N2O5/c1-19(35)39-34(21-10-6-5-7-11-21)27(36)17-26-29(37)33(18-30(2,3)4)25-15-14-20(31)16-23(25)28(38-26)22-12-8-9-13-24(22)32/h5-16,26,28H,17-18H2,1-4H3. The lowest BCUT2D eigenvalue weighted by Crippen LogP contribution is -2.46. The summed E-state index contributed by atoms with van der Waals surface area (Å²) in [5, 5.41) is 1.81.